The van der Waals surface area contributed by atoms with E-state index in [0.29, 0.717) is 68.5 Å². The van der Waals surface area contributed by atoms with Crippen LogP contribution in [0.5, 0.6) is 6.01 Å². The minimum absolute atomic E-state index is 0.120. The van der Waals surface area contributed by atoms with Gasteiger partial charge >= 0.3 is 6.01 Å². The third-order valence-corrected chi connectivity index (χ3v) is 7.78. The number of ether oxygens (including phenoxy) is 3. The Labute approximate surface area is 250 Å². The van der Waals surface area contributed by atoms with Crippen molar-refractivity contribution in [2.24, 2.45) is 0 Å². The lowest BCUT2D eigenvalue weighted by molar-refractivity contribution is -0.0552. The summed E-state index contributed by atoms with van der Waals surface area (Å²) in [4.78, 5) is 43.3. The number of benzene rings is 1. The number of nitrogens with one attached hydrogen (secondary N) is 2. The quantitative estimate of drug-likeness (QED) is 0.267. The number of hydrogen-bond acceptors (Lipinski definition) is 11. The highest BCUT2D eigenvalue weighted by Gasteiger charge is 2.30. The molecule has 42 heavy (non-hydrogen) atoms. The van der Waals surface area contributed by atoms with Gasteiger partial charge in [0, 0.05) is 63.6 Å². The molecule has 0 radical (unpaired) electrons. The number of carbonyl (C=O) groups is 2. The zero-order valence-electron chi connectivity index (χ0n) is 24.6. The Hall–Kier alpha value is -3.65. The Bertz CT molecular complexity index is 1320. The third kappa shape index (κ3) is 8.68. The van der Waals surface area contributed by atoms with Crippen LogP contribution >= 0.6 is 11.3 Å². The number of rotatable bonds is 14. The molecule has 1 saturated heterocycles. The van der Waals surface area contributed by atoms with Crippen molar-refractivity contribution in [3.8, 4) is 6.01 Å². The Balaban J connectivity index is 1.40. The van der Waals surface area contributed by atoms with Gasteiger partial charge in [0.15, 0.2) is 5.13 Å². The Kier molecular flexibility index (Phi) is 11.2. The summed E-state index contributed by atoms with van der Waals surface area (Å²) in [5.41, 5.74) is 1.94. The minimum atomic E-state index is -0.386. The van der Waals surface area contributed by atoms with Crippen LogP contribution in [0.15, 0.2) is 42.0 Å². The summed E-state index contributed by atoms with van der Waals surface area (Å²) >= 11 is 1.38. The lowest BCUT2D eigenvalue weighted by Gasteiger charge is -2.42. The summed E-state index contributed by atoms with van der Waals surface area (Å²) in [6, 6.07) is 7.64. The van der Waals surface area contributed by atoms with Gasteiger partial charge in [-0.2, -0.15) is 0 Å². The van der Waals surface area contributed by atoms with E-state index in [0.717, 1.165) is 18.5 Å². The molecule has 0 spiro atoms. The number of methoxy groups -OCH3 is 1. The van der Waals surface area contributed by atoms with Crippen molar-refractivity contribution in [1.82, 2.24) is 25.2 Å². The van der Waals surface area contributed by atoms with E-state index >= 15 is 0 Å². The van der Waals surface area contributed by atoms with Gasteiger partial charge < -0.3 is 29.7 Å². The van der Waals surface area contributed by atoms with E-state index in [4.69, 9.17) is 14.2 Å². The second-order valence-corrected chi connectivity index (χ2v) is 11.4. The van der Waals surface area contributed by atoms with Gasteiger partial charge in [0.25, 0.3) is 11.8 Å². The first-order valence-electron chi connectivity index (χ1n) is 13.9. The fourth-order valence-electron chi connectivity index (χ4n) is 4.40. The van der Waals surface area contributed by atoms with E-state index in [1.54, 1.807) is 37.0 Å². The zero-order chi connectivity index (χ0) is 30.0. The third-order valence-electron chi connectivity index (χ3n) is 6.82. The molecule has 2 N–H and O–H groups in total. The molecule has 0 unspecified atom stereocenters. The number of aromatic nitrogens is 3. The molecule has 13 heteroatoms. The number of nitrogens with zero attached hydrogens (tertiary/aromatic N) is 5. The molecule has 1 aliphatic rings. The molecule has 3 aromatic rings. The van der Waals surface area contributed by atoms with Crippen LogP contribution in [0.3, 0.4) is 0 Å². The molecule has 4 rings (SSSR count). The van der Waals surface area contributed by atoms with Crippen molar-refractivity contribution in [1.29, 1.82) is 0 Å². The fourth-order valence-corrected chi connectivity index (χ4v) is 5.20. The minimum Gasteiger partial charge on any atom is -0.463 e. The van der Waals surface area contributed by atoms with Gasteiger partial charge in [-0.15, -0.1) is 11.3 Å². The van der Waals surface area contributed by atoms with Crippen molar-refractivity contribution in [3.05, 3.63) is 58.9 Å². The van der Waals surface area contributed by atoms with Crippen LogP contribution in [0.2, 0.25) is 0 Å². The average Bonchev–Trinajstić information content (AvgIpc) is 3.48. The first-order valence-corrected chi connectivity index (χ1v) is 14.8. The van der Waals surface area contributed by atoms with Crippen molar-refractivity contribution in [2.75, 3.05) is 70.4 Å². The van der Waals surface area contributed by atoms with Crippen LogP contribution in [0.1, 0.15) is 46.7 Å². The van der Waals surface area contributed by atoms with Gasteiger partial charge in [-0.25, -0.2) is 15.0 Å². The van der Waals surface area contributed by atoms with Crippen LogP contribution in [-0.4, -0.2) is 97.4 Å². The number of morpholine rings is 1. The second kappa shape index (κ2) is 15.0. The highest BCUT2D eigenvalue weighted by atomic mass is 32.1. The van der Waals surface area contributed by atoms with Gasteiger partial charge in [0.05, 0.1) is 37.7 Å². The SMILES string of the molecule is COCCNC(=O)c1cc(CN2CCOCC2(C)C)ccc1NC(=O)c1csc(N(C)CCCOc2ncccn2)n1. The molecule has 12 nitrogen and oxygen atoms in total. The molecule has 2 aromatic heterocycles. The number of carbonyl (C=O) groups excluding carboxylic acids is 2. The molecule has 3 heterocycles. The Morgan fingerprint density at radius 3 is 2.76 bits per heavy atom. The summed E-state index contributed by atoms with van der Waals surface area (Å²) in [5, 5.41) is 8.18. The highest BCUT2D eigenvalue weighted by Crippen LogP contribution is 2.26. The average molecular weight is 598 g/mol. The molecule has 1 fully saturated rings. The van der Waals surface area contributed by atoms with Crippen molar-refractivity contribution in [3.63, 3.8) is 0 Å². The van der Waals surface area contributed by atoms with E-state index in [9.17, 15) is 9.59 Å². The molecule has 0 bridgehead atoms. The molecule has 0 saturated carbocycles. The summed E-state index contributed by atoms with van der Waals surface area (Å²) in [6.45, 7) is 8.94. The van der Waals surface area contributed by atoms with Gasteiger partial charge in [-0.1, -0.05) is 6.07 Å². The van der Waals surface area contributed by atoms with Gasteiger partial charge in [0.2, 0.25) is 0 Å². The molecule has 1 aliphatic heterocycles. The molecule has 1 aromatic carbocycles. The Morgan fingerprint density at radius 1 is 1.19 bits per heavy atom. The van der Waals surface area contributed by atoms with Gasteiger partial charge in [-0.05, 0) is 44.0 Å². The molecule has 0 aliphatic carbocycles. The van der Waals surface area contributed by atoms with E-state index in [1.807, 2.05) is 24.1 Å². The fraction of sp³-hybridized carbons (Fsp3) is 0.483. The molecular weight excluding hydrogens is 558 g/mol. The van der Waals surface area contributed by atoms with E-state index in [-0.39, 0.29) is 23.0 Å². The predicted octanol–water partition coefficient (Wildman–Crippen LogP) is 3.08. The Morgan fingerprint density at radius 2 is 2.00 bits per heavy atom. The second-order valence-electron chi connectivity index (χ2n) is 10.5. The first-order chi connectivity index (χ1) is 20.3. The largest absolute Gasteiger partial charge is 0.463 e. The normalized spacial score (nSPS) is 14.8. The van der Waals surface area contributed by atoms with Crippen molar-refractivity contribution in [2.45, 2.75) is 32.4 Å². The first kappa shape index (κ1) is 31.3. The maximum Gasteiger partial charge on any atom is 0.316 e. The summed E-state index contributed by atoms with van der Waals surface area (Å²) < 4.78 is 16.3. The molecule has 2 amide bonds. The number of anilines is 2. The smallest absolute Gasteiger partial charge is 0.316 e. The van der Waals surface area contributed by atoms with Crippen LogP contribution in [0.25, 0.3) is 0 Å². The summed E-state index contributed by atoms with van der Waals surface area (Å²) in [7, 11) is 3.49. The van der Waals surface area contributed by atoms with Crippen LogP contribution in [0, 0.1) is 0 Å². The summed E-state index contributed by atoms with van der Waals surface area (Å²) in [5.74, 6) is -0.671. The zero-order valence-corrected chi connectivity index (χ0v) is 25.4. The summed E-state index contributed by atoms with van der Waals surface area (Å²) in [6.07, 6.45) is 3.99. The number of amides is 2. The van der Waals surface area contributed by atoms with Gasteiger partial charge in [-0.3, -0.25) is 14.5 Å². The van der Waals surface area contributed by atoms with Crippen molar-refractivity contribution < 1.29 is 23.8 Å². The standard InChI is InChI=1S/C29H39N7O5S/c1-29(2)20-40-16-13-36(29)18-21-7-8-23(22(17-21)25(37)30-11-15-39-4)33-26(38)24-19-42-28(34-24)35(3)12-6-14-41-27-31-9-5-10-32-27/h5,7-10,17,19H,6,11-16,18,20H2,1-4H3,(H,30,37)(H,33,38). The maximum absolute atomic E-state index is 13.2. The van der Waals surface area contributed by atoms with Crippen LogP contribution in [0.4, 0.5) is 10.8 Å². The highest BCUT2D eigenvalue weighted by molar-refractivity contribution is 7.13. The predicted molar refractivity (Wildman–Crippen MR) is 161 cm³/mol. The maximum atomic E-state index is 13.2. The van der Waals surface area contributed by atoms with Crippen LogP contribution < -0.4 is 20.3 Å². The van der Waals surface area contributed by atoms with E-state index in [1.165, 1.54) is 11.3 Å². The van der Waals surface area contributed by atoms with Gasteiger partial charge in [0.1, 0.15) is 5.69 Å². The molecular formula is C29H39N7O5S. The lowest BCUT2D eigenvalue weighted by atomic mass is 10.00. The number of thiazole rings is 1. The lowest BCUT2D eigenvalue weighted by Crippen LogP contribution is -2.52. The van der Waals surface area contributed by atoms with E-state index in [2.05, 4.69) is 44.3 Å². The topological polar surface area (TPSA) is 131 Å². The van der Waals surface area contributed by atoms with E-state index < -0.39 is 0 Å². The van der Waals surface area contributed by atoms with Crippen molar-refractivity contribution >= 4 is 34.0 Å². The van der Waals surface area contributed by atoms with Crippen LogP contribution in [-0.2, 0) is 16.0 Å². The number of hydrogen-bond donors (Lipinski definition) is 2. The molecule has 226 valence electrons. The molecule has 0 atom stereocenters. The monoisotopic (exact) mass is 597 g/mol.